The maximum Gasteiger partial charge on any atom is 0.242 e. The van der Waals surface area contributed by atoms with Crippen molar-refractivity contribution in [2.75, 3.05) is 44.4 Å². The van der Waals surface area contributed by atoms with Crippen LogP contribution in [0.25, 0.3) is 0 Å². The molecule has 0 aliphatic rings. The number of aryl methyl sites for hydroxylation is 2. The minimum absolute atomic E-state index is 0.169. The number of sulfonamides is 2. The van der Waals surface area contributed by atoms with E-state index in [9.17, 15) is 21.6 Å². The fraction of sp³-hybridized carbons (Fsp3) is 0.435. The van der Waals surface area contributed by atoms with Gasteiger partial charge in [-0.2, -0.15) is 0 Å². The van der Waals surface area contributed by atoms with Gasteiger partial charge < -0.3 is 10.1 Å². The molecule has 0 bridgehead atoms. The van der Waals surface area contributed by atoms with Crippen LogP contribution >= 0.6 is 0 Å². The molecule has 34 heavy (non-hydrogen) atoms. The second-order valence-corrected chi connectivity index (χ2v) is 12.2. The van der Waals surface area contributed by atoms with Crippen molar-refractivity contribution in [3.05, 3.63) is 53.6 Å². The lowest BCUT2D eigenvalue weighted by Gasteiger charge is -2.24. The van der Waals surface area contributed by atoms with Crippen LogP contribution in [0.4, 0.5) is 5.69 Å². The average Bonchev–Trinajstić information content (AvgIpc) is 2.75. The van der Waals surface area contributed by atoms with E-state index in [-0.39, 0.29) is 36.9 Å². The first kappa shape index (κ1) is 27.6. The number of nitrogens with zero attached hydrogens (tertiary/aromatic N) is 2. The van der Waals surface area contributed by atoms with Gasteiger partial charge in [-0.1, -0.05) is 12.1 Å². The molecule has 0 aliphatic heterocycles. The molecule has 0 spiro atoms. The molecule has 0 aliphatic carbocycles. The summed E-state index contributed by atoms with van der Waals surface area (Å²) >= 11 is 0. The Balaban J connectivity index is 1.79. The van der Waals surface area contributed by atoms with E-state index < -0.39 is 20.0 Å². The van der Waals surface area contributed by atoms with Gasteiger partial charge in [-0.05, 0) is 61.7 Å². The highest BCUT2D eigenvalue weighted by atomic mass is 32.2. The highest BCUT2D eigenvalue weighted by Crippen LogP contribution is 2.24. The van der Waals surface area contributed by atoms with Crippen molar-refractivity contribution < 1.29 is 26.4 Å². The van der Waals surface area contributed by atoms with E-state index >= 15 is 0 Å². The number of carbonyl (C=O) groups excluding carboxylic acids is 1. The Morgan fingerprint density at radius 1 is 1.00 bits per heavy atom. The zero-order chi connectivity index (χ0) is 25.5. The van der Waals surface area contributed by atoms with Gasteiger partial charge in [0, 0.05) is 27.1 Å². The van der Waals surface area contributed by atoms with E-state index in [1.54, 1.807) is 12.1 Å². The van der Waals surface area contributed by atoms with Crippen LogP contribution in [0.5, 0.6) is 5.75 Å². The molecular formula is C23H33N3O6S2. The summed E-state index contributed by atoms with van der Waals surface area (Å²) in [5.41, 5.74) is 2.44. The van der Waals surface area contributed by atoms with Crippen molar-refractivity contribution >= 4 is 31.6 Å². The molecular weight excluding hydrogens is 478 g/mol. The van der Waals surface area contributed by atoms with Gasteiger partial charge in [-0.25, -0.2) is 21.1 Å². The lowest BCUT2D eigenvalue weighted by atomic mass is 10.1. The van der Waals surface area contributed by atoms with E-state index in [1.807, 2.05) is 32.0 Å². The smallest absolute Gasteiger partial charge is 0.242 e. The minimum atomic E-state index is -3.50. The molecule has 2 aromatic rings. The van der Waals surface area contributed by atoms with Gasteiger partial charge in [-0.15, -0.1) is 0 Å². The van der Waals surface area contributed by atoms with Crippen molar-refractivity contribution in [1.82, 2.24) is 9.62 Å². The summed E-state index contributed by atoms with van der Waals surface area (Å²) in [6, 6.07) is 11.7. The van der Waals surface area contributed by atoms with Gasteiger partial charge >= 0.3 is 0 Å². The highest BCUT2D eigenvalue weighted by molar-refractivity contribution is 7.92. The van der Waals surface area contributed by atoms with E-state index in [0.717, 1.165) is 21.7 Å². The van der Waals surface area contributed by atoms with Crippen molar-refractivity contribution in [2.24, 2.45) is 0 Å². The lowest BCUT2D eigenvalue weighted by molar-refractivity contribution is -0.121. The van der Waals surface area contributed by atoms with Crippen molar-refractivity contribution in [3.63, 3.8) is 0 Å². The van der Waals surface area contributed by atoms with Gasteiger partial charge in [0.05, 0.1) is 23.4 Å². The molecule has 11 heteroatoms. The molecule has 9 nitrogen and oxygen atoms in total. The minimum Gasteiger partial charge on any atom is -0.492 e. The van der Waals surface area contributed by atoms with E-state index in [1.165, 1.54) is 30.5 Å². The lowest BCUT2D eigenvalue weighted by Crippen LogP contribution is -2.33. The highest BCUT2D eigenvalue weighted by Gasteiger charge is 2.20. The third-order valence-corrected chi connectivity index (χ3v) is 8.10. The maximum atomic E-state index is 12.3. The molecule has 1 N–H and O–H groups in total. The number of rotatable bonds is 12. The van der Waals surface area contributed by atoms with E-state index in [2.05, 4.69) is 5.32 Å². The zero-order valence-electron chi connectivity index (χ0n) is 20.2. The summed E-state index contributed by atoms with van der Waals surface area (Å²) in [5, 5.41) is 2.74. The van der Waals surface area contributed by atoms with Crippen LogP contribution in [0.2, 0.25) is 0 Å². The van der Waals surface area contributed by atoms with Crippen LogP contribution < -0.4 is 14.4 Å². The molecule has 0 radical (unpaired) electrons. The van der Waals surface area contributed by atoms with Gasteiger partial charge in [-0.3, -0.25) is 9.10 Å². The summed E-state index contributed by atoms with van der Waals surface area (Å²) in [5.74, 6) is 0.287. The Morgan fingerprint density at radius 2 is 1.65 bits per heavy atom. The fourth-order valence-electron chi connectivity index (χ4n) is 3.20. The number of benzene rings is 2. The maximum absolute atomic E-state index is 12.3. The normalized spacial score (nSPS) is 11.9. The van der Waals surface area contributed by atoms with Gasteiger partial charge in [0.2, 0.25) is 26.0 Å². The Hall–Kier alpha value is -2.63. The summed E-state index contributed by atoms with van der Waals surface area (Å²) in [6.07, 6.45) is 1.71. The van der Waals surface area contributed by atoms with Crippen LogP contribution in [0.1, 0.15) is 24.0 Å². The molecule has 0 saturated heterocycles. The van der Waals surface area contributed by atoms with Crippen LogP contribution in [0, 0.1) is 13.8 Å². The molecule has 188 valence electrons. The quantitative estimate of drug-likeness (QED) is 0.438. The van der Waals surface area contributed by atoms with Crippen LogP contribution in [0.3, 0.4) is 0 Å². The van der Waals surface area contributed by atoms with E-state index in [0.29, 0.717) is 17.9 Å². The Kier molecular flexibility index (Phi) is 9.48. The standard InChI is InChI=1S/C23H33N3O6S2/c1-18-8-9-19(2)22(17-18)26(33(5,28)29)15-6-7-23(27)24-14-16-32-20-10-12-21(13-11-20)34(30,31)25(3)4/h8-13,17H,6-7,14-16H2,1-5H3,(H,24,27). The summed E-state index contributed by atoms with van der Waals surface area (Å²) in [7, 11) is -4.05. The summed E-state index contributed by atoms with van der Waals surface area (Å²) in [6.45, 7) is 4.44. The number of hydrogen-bond donors (Lipinski definition) is 1. The van der Waals surface area contributed by atoms with Crippen molar-refractivity contribution in [3.8, 4) is 5.75 Å². The number of amides is 1. The van der Waals surface area contributed by atoms with Gasteiger partial charge in [0.1, 0.15) is 12.4 Å². The molecule has 0 saturated carbocycles. The number of carbonyl (C=O) groups is 1. The monoisotopic (exact) mass is 511 g/mol. The van der Waals surface area contributed by atoms with Crippen LogP contribution in [0.15, 0.2) is 47.4 Å². The average molecular weight is 512 g/mol. The predicted molar refractivity (Wildman–Crippen MR) is 133 cm³/mol. The third kappa shape index (κ3) is 7.71. The Bertz CT molecular complexity index is 1190. The number of nitrogens with one attached hydrogen (secondary N) is 1. The van der Waals surface area contributed by atoms with Crippen LogP contribution in [-0.4, -0.2) is 67.1 Å². The first-order valence-corrected chi connectivity index (χ1v) is 14.1. The first-order valence-electron chi connectivity index (χ1n) is 10.8. The molecule has 0 heterocycles. The molecule has 2 aromatic carbocycles. The zero-order valence-corrected chi connectivity index (χ0v) is 21.9. The molecule has 1 amide bonds. The molecule has 0 aromatic heterocycles. The first-order chi connectivity index (χ1) is 15.8. The van der Waals surface area contributed by atoms with E-state index in [4.69, 9.17) is 4.74 Å². The second-order valence-electron chi connectivity index (χ2n) is 8.19. The molecule has 0 fully saturated rings. The largest absolute Gasteiger partial charge is 0.492 e. The number of anilines is 1. The number of ether oxygens (including phenoxy) is 1. The Labute approximate surface area is 202 Å². The van der Waals surface area contributed by atoms with Crippen LogP contribution in [-0.2, 0) is 24.8 Å². The predicted octanol–water partition coefficient (Wildman–Crippen LogP) is 2.30. The Morgan fingerprint density at radius 3 is 2.24 bits per heavy atom. The van der Waals surface area contributed by atoms with Crippen molar-refractivity contribution in [1.29, 1.82) is 0 Å². The third-order valence-electron chi connectivity index (χ3n) is 5.09. The fourth-order valence-corrected chi connectivity index (χ4v) is 5.12. The molecule has 0 atom stereocenters. The van der Waals surface area contributed by atoms with Crippen molar-refractivity contribution in [2.45, 2.75) is 31.6 Å². The molecule has 0 unspecified atom stereocenters. The topological polar surface area (TPSA) is 113 Å². The van der Waals surface area contributed by atoms with Gasteiger partial charge in [0.25, 0.3) is 0 Å². The number of hydrogen-bond acceptors (Lipinski definition) is 6. The second kappa shape index (κ2) is 11.7. The van der Waals surface area contributed by atoms with Gasteiger partial charge in [0.15, 0.2) is 0 Å². The SMILES string of the molecule is Cc1ccc(C)c(N(CCCC(=O)NCCOc2ccc(S(=O)(=O)N(C)C)cc2)S(C)(=O)=O)c1. The summed E-state index contributed by atoms with van der Waals surface area (Å²) in [4.78, 5) is 12.3. The molecule has 2 rings (SSSR count). The summed E-state index contributed by atoms with van der Waals surface area (Å²) < 4.78 is 56.8.